The number of rotatable bonds is 2. The third kappa shape index (κ3) is 2.87. The van der Waals surface area contributed by atoms with Crippen molar-refractivity contribution in [1.29, 1.82) is 0 Å². The van der Waals surface area contributed by atoms with Gasteiger partial charge in [-0.15, -0.1) is 0 Å². The number of hydrogen-bond acceptors (Lipinski definition) is 3. The van der Waals surface area contributed by atoms with E-state index in [1.807, 2.05) is 18.2 Å². The van der Waals surface area contributed by atoms with Crippen LogP contribution in [0.15, 0.2) is 48.5 Å². The van der Waals surface area contributed by atoms with E-state index in [1.165, 1.54) is 17.7 Å². The Labute approximate surface area is 140 Å². The van der Waals surface area contributed by atoms with Crippen LogP contribution in [0.25, 0.3) is 0 Å². The quantitative estimate of drug-likeness (QED) is 0.846. The Kier molecular flexibility index (Phi) is 3.94. The maximum Gasteiger partial charge on any atom is 0.414 e. The van der Waals surface area contributed by atoms with E-state index in [-0.39, 0.29) is 18.0 Å². The number of carbonyl (C=O) groups excluding carboxylic acids is 1. The van der Waals surface area contributed by atoms with Gasteiger partial charge in [-0.1, -0.05) is 36.4 Å². The smallest absolute Gasteiger partial charge is 0.414 e. The molecule has 124 valence electrons. The minimum atomic E-state index is -0.372. The molecule has 4 rings (SSSR count). The average molecular weight is 326 g/mol. The highest BCUT2D eigenvalue weighted by Gasteiger charge is 2.37. The SMILES string of the molecule is O=C1OCC2CCN(Cc3ccccc3)Cc3ccc(F)cc3N12. The first-order valence-corrected chi connectivity index (χ1v) is 8.21. The molecule has 2 aromatic rings. The van der Waals surface area contributed by atoms with Crippen molar-refractivity contribution < 1.29 is 13.9 Å². The summed E-state index contributed by atoms with van der Waals surface area (Å²) in [5.41, 5.74) is 2.84. The lowest BCUT2D eigenvalue weighted by Crippen LogP contribution is -2.40. The van der Waals surface area contributed by atoms with Crippen LogP contribution in [0, 0.1) is 5.82 Å². The number of benzene rings is 2. The summed E-state index contributed by atoms with van der Waals surface area (Å²) in [6, 6.07) is 14.9. The Morgan fingerprint density at radius 2 is 2.00 bits per heavy atom. The number of hydrogen-bond donors (Lipinski definition) is 0. The maximum absolute atomic E-state index is 13.8. The van der Waals surface area contributed by atoms with Gasteiger partial charge in [0.25, 0.3) is 0 Å². The van der Waals surface area contributed by atoms with Crippen molar-refractivity contribution in [3.63, 3.8) is 0 Å². The molecule has 0 bridgehead atoms. The molecule has 0 radical (unpaired) electrons. The summed E-state index contributed by atoms with van der Waals surface area (Å²) in [5.74, 6) is -0.331. The zero-order valence-electron chi connectivity index (χ0n) is 13.3. The number of ether oxygens (including phenoxy) is 1. The van der Waals surface area contributed by atoms with Crippen LogP contribution in [0.5, 0.6) is 0 Å². The zero-order valence-corrected chi connectivity index (χ0v) is 13.3. The molecule has 1 amide bonds. The number of carbonyl (C=O) groups is 1. The Morgan fingerprint density at radius 1 is 1.17 bits per heavy atom. The summed E-state index contributed by atoms with van der Waals surface area (Å²) < 4.78 is 19.0. The van der Waals surface area contributed by atoms with Crippen molar-refractivity contribution in [2.24, 2.45) is 0 Å². The molecular weight excluding hydrogens is 307 g/mol. The van der Waals surface area contributed by atoms with Gasteiger partial charge in [0, 0.05) is 19.6 Å². The van der Waals surface area contributed by atoms with Crippen molar-refractivity contribution in [2.75, 3.05) is 18.1 Å². The van der Waals surface area contributed by atoms with Crippen LogP contribution < -0.4 is 4.90 Å². The summed E-state index contributed by atoms with van der Waals surface area (Å²) >= 11 is 0. The van der Waals surface area contributed by atoms with Crippen LogP contribution in [-0.4, -0.2) is 30.2 Å². The molecule has 1 atom stereocenters. The fraction of sp³-hybridized carbons (Fsp3) is 0.316. The van der Waals surface area contributed by atoms with Gasteiger partial charge in [0.1, 0.15) is 12.4 Å². The highest BCUT2D eigenvalue weighted by Crippen LogP contribution is 2.32. The number of amides is 1. The summed E-state index contributed by atoms with van der Waals surface area (Å²) in [4.78, 5) is 16.1. The van der Waals surface area contributed by atoms with Gasteiger partial charge in [-0.2, -0.15) is 0 Å². The topological polar surface area (TPSA) is 32.8 Å². The maximum atomic E-state index is 13.8. The van der Waals surface area contributed by atoms with Crippen LogP contribution in [0.4, 0.5) is 14.9 Å². The second-order valence-electron chi connectivity index (χ2n) is 6.36. The van der Waals surface area contributed by atoms with Gasteiger partial charge in [-0.05, 0) is 29.7 Å². The second kappa shape index (κ2) is 6.24. The number of cyclic esters (lactones) is 1. The molecule has 4 nitrogen and oxygen atoms in total. The molecule has 1 unspecified atom stereocenters. The van der Waals surface area contributed by atoms with E-state index in [2.05, 4.69) is 17.0 Å². The number of halogens is 1. The molecular formula is C19H19FN2O2. The largest absolute Gasteiger partial charge is 0.447 e. The van der Waals surface area contributed by atoms with Gasteiger partial charge in [0.2, 0.25) is 0 Å². The standard InChI is InChI=1S/C19H19FN2O2/c20-16-7-6-15-12-21(11-14-4-2-1-3-5-14)9-8-17-13-24-19(23)22(17)18(15)10-16/h1-7,10,17H,8-9,11-13H2. The van der Waals surface area contributed by atoms with Crippen LogP contribution in [0.1, 0.15) is 17.5 Å². The number of fused-ring (bicyclic) bond motifs is 3. The molecule has 0 saturated carbocycles. The van der Waals surface area contributed by atoms with Crippen LogP contribution in [-0.2, 0) is 17.8 Å². The monoisotopic (exact) mass is 326 g/mol. The van der Waals surface area contributed by atoms with E-state index >= 15 is 0 Å². The van der Waals surface area contributed by atoms with Crippen molar-refractivity contribution in [3.8, 4) is 0 Å². The van der Waals surface area contributed by atoms with Gasteiger partial charge in [0.15, 0.2) is 0 Å². The Morgan fingerprint density at radius 3 is 2.83 bits per heavy atom. The van der Waals surface area contributed by atoms with E-state index in [0.717, 1.165) is 25.1 Å². The lowest BCUT2D eigenvalue weighted by atomic mass is 10.0. The summed E-state index contributed by atoms with van der Waals surface area (Å²) in [6.45, 7) is 2.75. The first-order valence-electron chi connectivity index (χ1n) is 8.21. The van der Waals surface area contributed by atoms with Crippen LogP contribution in [0.2, 0.25) is 0 Å². The molecule has 2 aliphatic heterocycles. The minimum absolute atomic E-state index is 0.0309. The Balaban J connectivity index is 1.66. The van der Waals surface area contributed by atoms with Crippen molar-refractivity contribution in [1.82, 2.24) is 4.90 Å². The van der Waals surface area contributed by atoms with Gasteiger partial charge >= 0.3 is 6.09 Å². The fourth-order valence-electron chi connectivity index (χ4n) is 3.49. The third-order valence-corrected chi connectivity index (χ3v) is 4.69. The zero-order chi connectivity index (χ0) is 16.5. The molecule has 2 aromatic carbocycles. The van der Waals surface area contributed by atoms with E-state index < -0.39 is 0 Å². The molecule has 1 fully saturated rings. The lowest BCUT2D eigenvalue weighted by Gasteiger charge is -2.32. The highest BCUT2D eigenvalue weighted by molar-refractivity contribution is 5.91. The Hall–Kier alpha value is -2.40. The predicted molar refractivity (Wildman–Crippen MR) is 89.2 cm³/mol. The molecule has 1 saturated heterocycles. The minimum Gasteiger partial charge on any atom is -0.447 e. The molecule has 5 heteroatoms. The molecule has 0 N–H and O–H groups in total. The van der Waals surface area contributed by atoms with E-state index in [4.69, 9.17) is 4.74 Å². The lowest BCUT2D eigenvalue weighted by molar-refractivity contribution is 0.177. The summed E-state index contributed by atoms with van der Waals surface area (Å²) in [7, 11) is 0. The van der Waals surface area contributed by atoms with Crippen molar-refractivity contribution >= 4 is 11.8 Å². The molecule has 0 aliphatic carbocycles. The molecule has 0 spiro atoms. The van der Waals surface area contributed by atoms with Crippen molar-refractivity contribution in [3.05, 3.63) is 65.5 Å². The first kappa shape index (κ1) is 15.1. The highest BCUT2D eigenvalue weighted by atomic mass is 19.1. The first-order chi connectivity index (χ1) is 11.7. The van der Waals surface area contributed by atoms with Crippen LogP contribution in [0.3, 0.4) is 0 Å². The third-order valence-electron chi connectivity index (χ3n) is 4.69. The molecule has 0 aromatic heterocycles. The molecule has 24 heavy (non-hydrogen) atoms. The van der Waals surface area contributed by atoms with Gasteiger partial charge < -0.3 is 4.74 Å². The predicted octanol–water partition coefficient (Wildman–Crippen LogP) is 3.56. The summed E-state index contributed by atoms with van der Waals surface area (Å²) in [6.07, 6.45) is 0.442. The van der Waals surface area contributed by atoms with E-state index in [1.54, 1.807) is 11.0 Å². The fourth-order valence-corrected chi connectivity index (χ4v) is 3.49. The molecule has 2 aliphatic rings. The Bertz CT molecular complexity index is 750. The normalized spacial score (nSPS) is 20.8. The van der Waals surface area contributed by atoms with Gasteiger partial charge in [0.05, 0.1) is 11.7 Å². The van der Waals surface area contributed by atoms with Gasteiger partial charge in [-0.3, -0.25) is 9.80 Å². The average Bonchev–Trinajstić information content (AvgIpc) is 2.94. The van der Waals surface area contributed by atoms with E-state index in [9.17, 15) is 9.18 Å². The summed E-state index contributed by atoms with van der Waals surface area (Å²) in [5, 5.41) is 0. The number of anilines is 1. The van der Waals surface area contributed by atoms with Crippen LogP contribution >= 0.6 is 0 Å². The number of nitrogens with zero attached hydrogens (tertiary/aromatic N) is 2. The van der Waals surface area contributed by atoms with Crippen molar-refractivity contribution in [2.45, 2.75) is 25.6 Å². The van der Waals surface area contributed by atoms with Gasteiger partial charge in [-0.25, -0.2) is 9.18 Å². The van der Waals surface area contributed by atoms with E-state index in [0.29, 0.717) is 18.8 Å². The second-order valence-corrected chi connectivity index (χ2v) is 6.36. The molecule has 2 heterocycles.